The molecule has 116 valence electrons. The van der Waals surface area contributed by atoms with E-state index in [-0.39, 0.29) is 17.0 Å². The topological polar surface area (TPSA) is 60.4 Å². The Labute approximate surface area is 126 Å². The van der Waals surface area contributed by atoms with Crippen molar-refractivity contribution in [1.29, 1.82) is 0 Å². The van der Waals surface area contributed by atoms with Gasteiger partial charge in [0.25, 0.3) is 0 Å². The van der Waals surface area contributed by atoms with Crippen LogP contribution in [-0.4, -0.2) is 32.8 Å². The lowest BCUT2D eigenvalue weighted by atomic mass is 9.84. The lowest BCUT2D eigenvalue weighted by Crippen LogP contribution is -2.31. The molecule has 0 spiro atoms. The summed E-state index contributed by atoms with van der Waals surface area (Å²) in [5.41, 5.74) is 0.947. The fourth-order valence-corrected chi connectivity index (χ4v) is 4.09. The highest BCUT2D eigenvalue weighted by Crippen LogP contribution is 2.30. The maximum absolute atomic E-state index is 12.4. The molecule has 1 saturated carbocycles. The van der Waals surface area contributed by atoms with E-state index in [1.165, 1.54) is 6.26 Å². The van der Waals surface area contributed by atoms with Crippen LogP contribution in [0.15, 0.2) is 24.3 Å². The Kier molecular flexibility index (Phi) is 5.04. The van der Waals surface area contributed by atoms with Crippen molar-refractivity contribution >= 4 is 15.6 Å². The number of carbonyl (C=O) groups excluding carboxylic acids is 1. The zero-order chi connectivity index (χ0) is 15.5. The van der Waals surface area contributed by atoms with Crippen LogP contribution in [0.5, 0.6) is 5.75 Å². The number of Topliss-reactive ketones (excluding diaryl/α,β-unsaturated/α-hetero) is 1. The summed E-state index contributed by atoms with van der Waals surface area (Å²) in [6, 6.07) is 7.44. The van der Waals surface area contributed by atoms with Crippen molar-refractivity contribution in [3.05, 3.63) is 29.8 Å². The fourth-order valence-electron chi connectivity index (χ4n) is 2.92. The van der Waals surface area contributed by atoms with Gasteiger partial charge >= 0.3 is 0 Å². The largest absolute Gasteiger partial charge is 0.497 e. The van der Waals surface area contributed by atoms with Crippen molar-refractivity contribution in [3.63, 3.8) is 0 Å². The molecule has 1 aromatic carbocycles. The Bertz CT molecular complexity index is 589. The van der Waals surface area contributed by atoms with Crippen LogP contribution in [0.1, 0.15) is 31.2 Å². The summed E-state index contributed by atoms with van der Waals surface area (Å²) < 4.78 is 28.4. The zero-order valence-electron chi connectivity index (χ0n) is 12.5. The average molecular weight is 310 g/mol. The molecule has 0 N–H and O–H groups in total. The van der Waals surface area contributed by atoms with Crippen molar-refractivity contribution < 1.29 is 17.9 Å². The molecule has 1 aliphatic rings. The number of rotatable bonds is 5. The quantitative estimate of drug-likeness (QED) is 0.838. The van der Waals surface area contributed by atoms with Gasteiger partial charge in [0.1, 0.15) is 21.4 Å². The molecule has 0 bridgehead atoms. The predicted molar refractivity (Wildman–Crippen MR) is 82.3 cm³/mol. The van der Waals surface area contributed by atoms with Crippen LogP contribution in [0.2, 0.25) is 0 Å². The molecular formula is C16H22O4S. The normalized spacial score (nSPS) is 22.8. The lowest BCUT2D eigenvalue weighted by Gasteiger charge is -2.27. The molecular weight excluding hydrogens is 288 g/mol. The number of methoxy groups -OCH3 is 1. The SMILES string of the molecule is COc1ccc(CC(=O)C2CCCC(S(C)(=O)=O)C2)cc1. The summed E-state index contributed by atoms with van der Waals surface area (Å²) in [5.74, 6) is 0.787. The van der Waals surface area contributed by atoms with E-state index in [1.807, 2.05) is 24.3 Å². The molecule has 21 heavy (non-hydrogen) atoms. The molecule has 2 rings (SSSR count). The minimum absolute atomic E-state index is 0.124. The van der Waals surface area contributed by atoms with Crippen molar-refractivity contribution in [1.82, 2.24) is 0 Å². The Balaban J connectivity index is 1.99. The van der Waals surface area contributed by atoms with E-state index in [4.69, 9.17) is 4.74 Å². The lowest BCUT2D eigenvalue weighted by molar-refractivity contribution is -0.123. The minimum atomic E-state index is -3.04. The van der Waals surface area contributed by atoms with Gasteiger partial charge < -0.3 is 4.74 Å². The number of carbonyl (C=O) groups is 1. The number of ketones is 1. The molecule has 2 atom stereocenters. The van der Waals surface area contributed by atoms with Crippen LogP contribution in [0, 0.1) is 5.92 Å². The maximum Gasteiger partial charge on any atom is 0.150 e. The van der Waals surface area contributed by atoms with Gasteiger partial charge in [-0.3, -0.25) is 4.79 Å². The number of hydrogen-bond acceptors (Lipinski definition) is 4. The highest BCUT2D eigenvalue weighted by Gasteiger charge is 2.32. The standard InChI is InChI=1S/C16H22O4S/c1-20-14-8-6-12(7-9-14)10-16(17)13-4-3-5-15(11-13)21(2,18)19/h6-9,13,15H,3-5,10-11H2,1-2H3. The van der Waals surface area contributed by atoms with Crippen molar-refractivity contribution in [2.24, 2.45) is 5.92 Å². The molecule has 1 fully saturated rings. The van der Waals surface area contributed by atoms with Gasteiger partial charge in [-0.2, -0.15) is 0 Å². The molecule has 4 nitrogen and oxygen atoms in total. The maximum atomic E-state index is 12.4. The number of hydrogen-bond donors (Lipinski definition) is 0. The van der Waals surface area contributed by atoms with Gasteiger partial charge in [0.05, 0.1) is 12.4 Å². The van der Waals surface area contributed by atoms with Crippen LogP contribution in [-0.2, 0) is 21.1 Å². The van der Waals surface area contributed by atoms with Gasteiger partial charge in [0, 0.05) is 18.6 Å². The van der Waals surface area contributed by atoms with Crippen LogP contribution in [0.25, 0.3) is 0 Å². The Morgan fingerprint density at radius 1 is 1.24 bits per heavy atom. The van der Waals surface area contributed by atoms with E-state index in [1.54, 1.807) is 7.11 Å². The van der Waals surface area contributed by atoms with E-state index in [0.29, 0.717) is 19.3 Å². The summed E-state index contributed by atoms with van der Waals surface area (Å²) in [7, 11) is -1.44. The van der Waals surface area contributed by atoms with Crippen LogP contribution in [0.3, 0.4) is 0 Å². The van der Waals surface area contributed by atoms with Crippen molar-refractivity contribution in [2.45, 2.75) is 37.4 Å². The van der Waals surface area contributed by atoms with Crippen LogP contribution < -0.4 is 4.74 Å². The smallest absolute Gasteiger partial charge is 0.150 e. The van der Waals surface area contributed by atoms with E-state index >= 15 is 0 Å². The highest BCUT2D eigenvalue weighted by molar-refractivity contribution is 7.91. The van der Waals surface area contributed by atoms with E-state index < -0.39 is 9.84 Å². The Morgan fingerprint density at radius 3 is 2.48 bits per heavy atom. The van der Waals surface area contributed by atoms with Gasteiger partial charge in [0.15, 0.2) is 0 Å². The predicted octanol–water partition coefficient (Wildman–Crippen LogP) is 2.41. The van der Waals surface area contributed by atoms with E-state index in [9.17, 15) is 13.2 Å². The second-order valence-electron chi connectivity index (χ2n) is 5.81. The molecule has 0 heterocycles. The molecule has 1 aliphatic carbocycles. The van der Waals surface area contributed by atoms with Gasteiger partial charge in [0.2, 0.25) is 0 Å². The molecule has 0 aromatic heterocycles. The third-order valence-corrected chi connectivity index (χ3v) is 5.86. The zero-order valence-corrected chi connectivity index (χ0v) is 13.4. The van der Waals surface area contributed by atoms with Gasteiger partial charge in [-0.1, -0.05) is 18.6 Å². The first-order chi connectivity index (χ1) is 9.90. The molecule has 0 saturated heterocycles. The molecule has 0 radical (unpaired) electrons. The number of benzene rings is 1. The third-order valence-electron chi connectivity index (χ3n) is 4.22. The van der Waals surface area contributed by atoms with Crippen molar-refractivity contribution in [3.8, 4) is 5.75 Å². The molecule has 5 heteroatoms. The third kappa shape index (κ3) is 4.30. The Morgan fingerprint density at radius 2 is 1.90 bits per heavy atom. The van der Waals surface area contributed by atoms with Crippen molar-refractivity contribution in [2.75, 3.05) is 13.4 Å². The number of ether oxygens (including phenoxy) is 1. The summed E-state index contributed by atoms with van der Waals surface area (Å²) in [4.78, 5) is 12.4. The van der Waals surface area contributed by atoms with Gasteiger partial charge in [-0.25, -0.2) is 8.42 Å². The highest BCUT2D eigenvalue weighted by atomic mass is 32.2. The summed E-state index contributed by atoms with van der Waals surface area (Å²) >= 11 is 0. The fraction of sp³-hybridized carbons (Fsp3) is 0.562. The van der Waals surface area contributed by atoms with Gasteiger partial charge in [-0.15, -0.1) is 0 Å². The molecule has 1 aromatic rings. The first-order valence-electron chi connectivity index (χ1n) is 7.24. The van der Waals surface area contributed by atoms with E-state index in [2.05, 4.69) is 0 Å². The summed E-state index contributed by atoms with van der Waals surface area (Å²) in [6.07, 6.45) is 4.43. The summed E-state index contributed by atoms with van der Waals surface area (Å²) in [6.45, 7) is 0. The van der Waals surface area contributed by atoms with Crippen LogP contribution >= 0.6 is 0 Å². The first kappa shape index (κ1) is 16.0. The Hall–Kier alpha value is -1.36. The number of sulfone groups is 1. The monoisotopic (exact) mass is 310 g/mol. The first-order valence-corrected chi connectivity index (χ1v) is 9.20. The molecule has 2 unspecified atom stereocenters. The summed E-state index contributed by atoms with van der Waals surface area (Å²) in [5, 5.41) is -0.351. The van der Waals surface area contributed by atoms with Crippen LogP contribution in [0.4, 0.5) is 0 Å². The molecule has 0 aliphatic heterocycles. The second-order valence-corrected chi connectivity index (χ2v) is 8.13. The van der Waals surface area contributed by atoms with E-state index in [0.717, 1.165) is 24.2 Å². The average Bonchev–Trinajstić information content (AvgIpc) is 2.47. The second kappa shape index (κ2) is 6.60. The minimum Gasteiger partial charge on any atom is -0.497 e. The van der Waals surface area contributed by atoms with Gasteiger partial charge in [-0.05, 0) is 37.0 Å². The molecule has 0 amide bonds.